The molecule has 0 radical (unpaired) electrons. The summed E-state index contributed by atoms with van der Waals surface area (Å²) in [7, 11) is 1.62. The number of rotatable bonds is 10. The van der Waals surface area contributed by atoms with Gasteiger partial charge in [-0.15, -0.1) is 0 Å². The highest BCUT2D eigenvalue weighted by Crippen LogP contribution is 2.25. The number of amides is 1. The summed E-state index contributed by atoms with van der Waals surface area (Å²) in [6.45, 7) is 5.24. The van der Waals surface area contributed by atoms with Gasteiger partial charge in [0, 0.05) is 43.5 Å². The van der Waals surface area contributed by atoms with Gasteiger partial charge < -0.3 is 25.2 Å². The predicted molar refractivity (Wildman–Crippen MR) is 117 cm³/mol. The second-order valence-corrected chi connectivity index (χ2v) is 7.40. The molecule has 7 heteroatoms. The lowest BCUT2D eigenvalue weighted by atomic mass is 10.1. The average molecular weight is 414 g/mol. The molecular weight excluding hydrogens is 382 g/mol. The lowest BCUT2D eigenvalue weighted by molar-refractivity contribution is 0.100. The second-order valence-electron chi connectivity index (χ2n) is 7.40. The number of anilines is 1. The van der Waals surface area contributed by atoms with Crippen LogP contribution in [-0.4, -0.2) is 62.4 Å². The lowest BCUT2D eigenvalue weighted by Crippen LogP contribution is -2.47. The van der Waals surface area contributed by atoms with Crippen LogP contribution in [0.5, 0.6) is 11.5 Å². The summed E-state index contributed by atoms with van der Waals surface area (Å²) >= 11 is 0. The summed E-state index contributed by atoms with van der Waals surface area (Å²) in [6, 6.07) is 13.0. The molecule has 1 amide bonds. The first-order chi connectivity index (χ1) is 14.6. The Morgan fingerprint density at radius 2 is 1.87 bits per heavy atom. The molecule has 0 atom stereocenters. The predicted octanol–water partition coefficient (Wildman–Crippen LogP) is 2.27. The van der Waals surface area contributed by atoms with Crippen LogP contribution in [0.2, 0.25) is 0 Å². The van der Waals surface area contributed by atoms with E-state index >= 15 is 0 Å². The summed E-state index contributed by atoms with van der Waals surface area (Å²) in [4.78, 5) is 16.3. The number of nitrogens with zero attached hydrogens (tertiary/aromatic N) is 2. The summed E-state index contributed by atoms with van der Waals surface area (Å²) in [5.41, 5.74) is 7.79. The third-order valence-electron chi connectivity index (χ3n) is 5.45. The smallest absolute Gasteiger partial charge is 0.250 e. The van der Waals surface area contributed by atoms with E-state index in [4.69, 9.17) is 15.2 Å². The van der Waals surface area contributed by atoms with E-state index in [1.807, 2.05) is 36.4 Å². The van der Waals surface area contributed by atoms with Crippen LogP contribution in [0, 0.1) is 0 Å². The van der Waals surface area contributed by atoms with Crippen molar-refractivity contribution in [3.05, 3.63) is 53.6 Å². The summed E-state index contributed by atoms with van der Waals surface area (Å²) in [5.74, 6) is 1.02. The van der Waals surface area contributed by atoms with Gasteiger partial charge in [-0.2, -0.15) is 0 Å². The van der Waals surface area contributed by atoms with E-state index in [0.29, 0.717) is 17.9 Å². The Kier molecular flexibility index (Phi) is 7.93. The molecule has 3 N–H and O–H groups in total. The molecule has 1 saturated heterocycles. The Balaban J connectivity index is 1.39. The Hall–Kier alpha value is -2.77. The van der Waals surface area contributed by atoms with Crippen molar-refractivity contribution >= 4 is 11.6 Å². The summed E-state index contributed by atoms with van der Waals surface area (Å²) < 4.78 is 11.1. The fourth-order valence-electron chi connectivity index (χ4n) is 3.72. The van der Waals surface area contributed by atoms with Gasteiger partial charge in [-0.05, 0) is 43.7 Å². The van der Waals surface area contributed by atoms with E-state index in [9.17, 15) is 9.90 Å². The van der Waals surface area contributed by atoms with Gasteiger partial charge in [0.1, 0.15) is 11.5 Å². The highest BCUT2D eigenvalue weighted by Gasteiger charge is 2.20. The van der Waals surface area contributed by atoms with Gasteiger partial charge in [0.05, 0.1) is 25.9 Å². The minimum atomic E-state index is -0.381. The molecular formula is C23H31N3O4. The first-order valence-corrected chi connectivity index (χ1v) is 10.4. The van der Waals surface area contributed by atoms with E-state index in [-0.39, 0.29) is 12.5 Å². The van der Waals surface area contributed by atoms with Gasteiger partial charge in [-0.1, -0.05) is 12.1 Å². The van der Waals surface area contributed by atoms with Crippen LogP contribution >= 0.6 is 0 Å². The van der Waals surface area contributed by atoms with Crippen LogP contribution in [0.15, 0.2) is 42.5 Å². The molecule has 1 heterocycles. The molecule has 162 valence electrons. The van der Waals surface area contributed by atoms with Crippen molar-refractivity contribution in [1.82, 2.24) is 4.90 Å². The van der Waals surface area contributed by atoms with Crippen molar-refractivity contribution in [1.29, 1.82) is 0 Å². The zero-order chi connectivity index (χ0) is 21.3. The van der Waals surface area contributed by atoms with Gasteiger partial charge in [-0.25, -0.2) is 0 Å². The highest BCUT2D eigenvalue weighted by molar-refractivity contribution is 5.98. The molecule has 7 nitrogen and oxygen atoms in total. The third-order valence-corrected chi connectivity index (χ3v) is 5.45. The van der Waals surface area contributed by atoms with Crippen molar-refractivity contribution in [2.45, 2.75) is 19.4 Å². The Labute approximate surface area is 178 Å². The normalized spacial score (nSPS) is 14.5. The number of benzene rings is 2. The van der Waals surface area contributed by atoms with Crippen LogP contribution in [0.4, 0.5) is 5.69 Å². The van der Waals surface area contributed by atoms with E-state index in [1.54, 1.807) is 13.2 Å². The van der Waals surface area contributed by atoms with Gasteiger partial charge in [0.2, 0.25) is 0 Å². The maximum absolute atomic E-state index is 11.7. The molecule has 0 saturated carbocycles. The first-order valence-electron chi connectivity index (χ1n) is 10.4. The topological polar surface area (TPSA) is 88.3 Å². The summed E-state index contributed by atoms with van der Waals surface area (Å²) in [6.07, 6.45) is 1.98. The number of ether oxygens (including phenoxy) is 2. The molecule has 1 fully saturated rings. The number of aliphatic hydroxyl groups excluding tert-OH is 1. The van der Waals surface area contributed by atoms with Gasteiger partial charge in [-0.3, -0.25) is 9.69 Å². The van der Waals surface area contributed by atoms with Crippen molar-refractivity contribution in [2.75, 3.05) is 51.3 Å². The summed E-state index contributed by atoms with van der Waals surface area (Å²) in [5, 5.41) is 9.45. The van der Waals surface area contributed by atoms with E-state index < -0.39 is 0 Å². The third kappa shape index (κ3) is 5.64. The lowest BCUT2D eigenvalue weighted by Gasteiger charge is -2.36. The molecule has 30 heavy (non-hydrogen) atoms. The monoisotopic (exact) mass is 413 g/mol. The molecule has 1 aliphatic heterocycles. The molecule has 0 unspecified atom stereocenters. The van der Waals surface area contributed by atoms with E-state index in [2.05, 4.69) is 9.80 Å². The van der Waals surface area contributed by atoms with Crippen LogP contribution < -0.4 is 20.1 Å². The zero-order valence-corrected chi connectivity index (χ0v) is 17.5. The SMILES string of the molecule is COc1ccc(CO)c(OCCCCN2CCN(c3ccccc3C(N)=O)CC2)c1. The molecule has 0 bridgehead atoms. The molecule has 2 aromatic rings. The number of methoxy groups -OCH3 is 1. The van der Waals surface area contributed by atoms with Crippen LogP contribution in [0.25, 0.3) is 0 Å². The number of carbonyl (C=O) groups excluding carboxylic acids is 1. The van der Waals surface area contributed by atoms with Crippen molar-refractivity contribution in [3.8, 4) is 11.5 Å². The molecule has 1 aliphatic rings. The minimum absolute atomic E-state index is 0.0531. The standard InChI is InChI=1S/C23H31N3O4/c1-29-19-9-8-18(17-27)22(16-19)30-15-5-4-10-25-11-13-26(14-12-25)21-7-3-2-6-20(21)23(24)28/h2-3,6-9,16,27H,4-5,10-15,17H2,1H3,(H2,24,28). The average Bonchev–Trinajstić information content (AvgIpc) is 2.79. The molecule has 3 rings (SSSR count). The number of unbranched alkanes of at least 4 members (excludes halogenated alkanes) is 1. The van der Waals surface area contributed by atoms with Crippen LogP contribution in [0.3, 0.4) is 0 Å². The highest BCUT2D eigenvalue weighted by atomic mass is 16.5. The van der Waals surface area contributed by atoms with E-state index in [1.165, 1.54) is 0 Å². The van der Waals surface area contributed by atoms with Gasteiger partial charge in [0.15, 0.2) is 0 Å². The molecule has 0 aromatic heterocycles. The van der Waals surface area contributed by atoms with E-state index in [0.717, 1.165) is 62.6 Å². The number of primary amides is 1. The maximum Gasteiger partial charge on any atom is 0.250 e. The number of hydrogen-bond acceptors (Lipinski definition) is 6. The molecule has 0 spiro atoms. The van der Waals surface area contributed by atoms with Crippen molar-refractivity contribution < 1.29 is 19.4 Å². The Morgan fingerprint density at radius 1 is 1.10 bits per heavy atom. The number of hydrogen-bond donors (Lipinski definition) is 2. The number of piperazine rings is 1. The first kappa shape index (κ1) is 21.9. The number of para-hydroxylation sites is 1. The number of aliphatic hydroxyl groups is 1. The number of nitrogens with two attached hydrogens (primary N) is 1. The molecule has 0 aliphatic carbocycles. The Bertz CT molecular complexity index is 835. The fourth-order valence-corrected chi connectivity index (χ4v) is 3.72. The van der Waals surface area contributed by atoms with Crippen molar-refractivity contribution in [2.24, 2.45) is 5.73 Å². The maximum atomic E-state index is 11.7. The van der Waals surface area contributed by atoms with Crippen LogP contribution in [0.1, 0.15) is 28.8 Å². The van der Waals surface area contributed by atoms with Crippen molar-refractivity contribution in [3.63, 3.8) is 0 Å². The largest absolute Gasteiger partial charge is 0.497 e. The quantitative estimate of drug-likeness (QED) is 0.581. The molecule has 2 aromatic carbocycles. The Morgan fingerprint density at radius 3 is 2.57 bits per heavy atom. The fraction of sp³-hybridized carbons (Fsp3) is 0.435. The second kappa shape index (κ2) is 10.8. The van der Waals surface area contributed by atoms with Gasteiger partial charge in [0.25, 0.3) is 5.91 Å². The number of carbonyl (C=O) groups is 1. The van der Waals surface area contributed by atoms with Gasteiger partial charge >= 0.3 is 0 Å². The minimum Gasteiger partial charge on any atom is -0.497 e. The zero-order valence-electron chi connectivity index (χ0n) is 17.5. The van der Waals surface area contributed by atoms with Crippen LogP contribution in [-0.2, 0) is 6.61 Å².